The van der Waals surface area contributed by atoms with Gasteiger partial charge in [-0.15, -0.1) is 0 Å². The molecular weight excluding hydrogens is 527 g/mol. The van der Waals surface area contributed by atoms with Crippen LogP contribution in [-0.2, 0) is 37.2 Å². The van der Waals surface area contributed by atoms with Crippen molar-refractivity contribution in [2.45, 2.75) is 30.3 Å². The Hall–Kier alpha value is -1.87. The molecule has 0 aromatic carbocycles. The quantitative estimate of drug-likeness (QED) is 0.181. The molecule has 2 unspecified atom stereocenters. The largest absolute Gasteiger partial charge is 0.490 e. The van der Waals surface area contributed by atoms with Gasteiger partial charge in [0.05, 0.1) is 18.3 Å². The van der Waals surface area contributed by atoms with E-state index < -0.39 is 53.4 Å². The highest BCUT2D eigenvalue weighted by Crippen LogP contribution is 2.66. The molecule has 0 spiro atoms. The number of nitrogens with zero attached hydrogens (tertiary/aromatic N) is 5. The molecule has 19 nitrogen and oxygen atoms in total. The zero-order valence-corrected chi connectivity index (χ0v) is 19.5. The van der Waals surface area contributed by atoms with Crippen molar-refractivity contribution in [2.24, 2.45) is 5.73 Å². The number of hydrogen-bond acceptors (Lipinski definition) is 14. The molecule has 0 bridgehead atoms. The van der Waals surface area contributed by atoms with E-state index in [-0.39, 0.29) is 17.2 Å². The fourth-order valence-corrected chi connectivity index (χ4v) is 6.25. The Morgan fingerprint density at radius 1 is 1.24 bits per heavy atom. The van der Waals surface area contributed by atoms with E-state index in [4.69, 9.17) is 26.0 Å². The molecule has 1 aliphatic rings. The van der Waals surface area contributed by atoms with Crippen molar-refractivity contribution in [2.75, 3.05) is 12.3 Å². The van der Waals surface area contributed by atoms with E-state index in [1.807, 2.05) is 6.07 Å². The predicted molar refractivity (Wildman–Crippen MR) is 106 cm³/mol. The van der Waals surface area contributed by atoms with Gasteiger partial charge in [0.1, 0.15) is 30.3 Å². The van der Waals surface area contributed by atoms with Gasteiger partial charge < -0.3 is 40.9 Å². The minimum Gasteiger partial charge on any atom is -0.388 e. The molecule has 0 saturated carbocycles. The van der Waals surface area contributed by atoms with Gasteiger partial charge in [-0.2, -0.15) is 19.0 Å². The lowest BCUT2D eigenvalue weighted by Crippen LogP contribution is -2.59. The first kappa shape index (κ1) is 26.7. The fraction of sp³-hybridized carbons (Fsp3) is 0.500. The topological polar surface area (TPSA) is 308 Å². The van der Waals surface area contributed by atoms with Crippen molar-refractivity contribution in [3.8, 4) is 6.07 Å². The number of rotatable bonds is 8. The average Bonchev–Trinajstić information content (AvgIpc) is 3.17. The Morgan fingerprint density at radius 3 is 2.47 bits per heavy atom. The number of hydrogen-bond donors (Lipinski definition) is 7. The van der Waals surface area contributed by atoms with Gasteiger partial charge in [-0.05, 0) is 6.92 Å². The number of aromatic nitrogens is 4. The molecule has 3 rings (SSSR count). The van der Waals surface area contributed by atoms with Crippen LogP contribution in [0.1, 0.15) is 12.6 Å². The van der Waals surface area contributed by atoms with Crippen LogP contribution in [0.4, 0.5) is 5.82 Å². The third-order valence-electron chi connectivity index (χ3n) is 4.72. The van der Waals surface area contributed by atoms with E-state index in [2.05, 4.69) is 28.2 Å². The average molecular weight is 545 g/mol. The van der Waals surface area contributed by atoms with Gasteiger partial charge in [-0.25, -0.2) is 28.2 Å². The van der Waals surface area contributed by atoms with Gasteiger partial charge in [0, 0.05) is 0 Å². The van der Waals surface area contributed by atoms with Crippen LogP contribution >= 0.6 is 23.5 Å². The maximum absolute atomic E-state index is 12.0. The first-order valence-electron chi connectivity index (χ1n) is 8.74. The third-order valence-corrected chi connectivity index (χ3v) is 8.52. The Labute approximate surface area is 189 Å². The number of imidazole rings is 1. The number of ether oxygens (including phenoxy) is 1. The van der Waals surface area contributed by atoms with E-state index in [9.17, 15) is 33.9 Å². The molecule has 6 atom stereocenters. The summed E-state index contributed by atoms with van der Waals surface area (Å²) in [5, 5.41) is 24.6. The predicted octanol–water partition coefficient (Wildman–Crippen LogP) is -1.75. The summed E-state index contributed by atoms with van der Waals surface area (Å²) < 4.78 is 52.5. The number of fused-ring (bicyclic) bond motifs is 1. The second-order valence-corrected chi connectivity index (χ2v) is 11.5. The van der Waals surface area contributed by atoms with Crippen molar-refractivity contribution >= 4 is 34.9 Å². The Balaban J connectivity index is 1.86. The van der Waals surface area contributed by atoms with E-state index in [1.165, 1.54) is 6.92 Å². The number of nitriles is 1. The zero-order chi connectivity index (χ0) is 25.7. The molecule has 22 heteroatoms. The summed E-state index contributed by atoms with van der Waals surface area (Å²) in [7, 11) is -16.9. The Kier molecular flexibility index (Phi) is 6.81. The molecule has 3 heterocycles. The van der Waals surface area contributed by atoms with E-state index in [1.54, 1.807) is 0 Å². The summed E-state index contributed by atoms with van der Waals surface area (Å²) in [6, 6.07) is 1.82. The number of aliphatic hydroxyl groups is 1. The zero-order valence-electron chi connectivity index (χ0n) is 16.8. The van der Waals surface area contributed by atoms with E-state index in [0.29, 0.717) is 0 Å². The molecule has 34 heavy (non-hydrogen) atoms. The minimum atomic E-state index is -5.76. The van der Waals surface area contributed by atoms with Gasteiger partial charge in [-0.3, -0.25) is 4.52 Å². The van der Waals surface area contributed by atoms with Crippen LogP contribution in [-0.4, -0.2) is 68.6 Å². The summed E-state index contributed by atoms with van der Waals surface area (Å²) in [5.74, 6) is -0.0455. The molecule has 9 N–H and O–H groups in total. The molecule has 0 aliphatic carbocycles. The van der Waals surface area contributed by atoms with Gasteiger partial charge in [0.15, 0.2) is 11.5 Å². The monoisotopic (exact) mass is 545 g/mol. The lowest BCUT2D eigenvalue weighted by atomic mass is 9.78. The first-order valence-corrected chi connectivity index (χ1v) is 13.3. The standard InChI is InChI=1S/C12H18N7O12P3/c1-11(15)8(20)6(3-28-33(24,25)31-34(26,27)30-32(21,22)23)29-12(11,4-13)7-2-16-10-9(14)17-5-18-19(7)10/h2,5-6,8,20H,3,15H2,1H3,(H,24,25)(H,26,27)(H2,14,17,18)(H2,21,22,23)/t6-,8-,11+,12+/m1/s1. The summed E-state index contributed by atoms with van der Waals surface area (Å²) in [4.78, 5) is 43.7. The van der Waals surface area contributed by atoms with Crippen LogP contribution in [0.5, 0.6) is 0 Å². The smallest absolute Gasteiger partial charge is 0.388 e. The molecule has 1 saturated heterocycles. The molecule has 0 amide bonds. The first-order chi connectivity index (χ1) is 15.4. The highest BCUT2D eigenvalue weighted by Gasteiger charge is 2.64. The molecular formula is C12H18N7O12P3. The second kappa shape index (κ2) is 8.66. The van der Waals surface area contributed by atoms with Crippen LogP contribution in [0.15, 0.2) is 12.5 Å². The summed E-state index contributed by atoms with van der Waals surface area (Å²) in [6.45, 7) is 0.185. The molecule has 2 aromatic rings. The normalized spacial score (nSPS) is 31.1. The Bertz CT molecular complexity index is 1290. The molecule has 0 radical (unpaired) electrons. The minimum absolute atomic E-state index is 0.0396. The summed E-state index contributed by atoms with van der Waals surface area (Å²) in [5.41, 5.74) is 7.81. The highest BCUT2D eigenvalue weighted by atomic mass is 31.3. The lowest BCUT2D eigenvalue weighted by molar-refractivity contribution is -0.0551. The van der Waals surface area contributed by atoms with Crippen molar-refractivity contribution in [1.29, 1.82) is 5.26 Å². The van der Waals surface area contributed by atoms with Crippen molar-refractivity contribution in [3.05, 3.63) is 18.2 Å². The van der Waals surface area contributed by atoms with Gasteiger partial charge in [0.2, 0.25) is 5.60 Å². The maximum atomic E-state index is 12.0. The van der Waals surface area contributed by atoms with Crippen LogP contribution in [0.3, 0.4) is 0 Å². The van der Waals surface area contributed by atoms with Crippen LogP contribution < -0.4 is 11.5 Å². The van der Waals surface area contributed by atoms with Gasteiger partial charge >= 0.3 is 23.5 Å². The summed E-state index contributed by atoms with van der Waals surface area (Å²) >= 11 is 0. The third kappa shape index (κ3) is 4.91. The number of aliphatic hydroxyl groups excluding tert-OH is 1. The maximum Gasteiger partial charge on any atom is 0.490 e. The van der Waals surface area contributed by atoms with Gasteiger partial charge in [0.25, 0.3) is 0 Å². The SMILES string of the molecule is C[C@]1(N)[C@H](O)[C@@H](COP(=O)(O)OP(=O)(O)OP(=O)(O)O)O[C@@]1(C#N)c1cnc2c(N)ncnn12. The van der Waals surface area contributed by atoms with Crippen molar-refractivity contribution < 1.29 is 56.3 Å². The van der Waals surface area contributed by atoms with Crippen molar-refractivity contribution in [3.63, 3.8) is 0 Å². The van der Waals surface area contributed by atoms with Gasteiger partial charge in [-0.1, -0.05) is 0 Å². The van der Waals surface area contributed by atoms with Crippen LogP contribution in [0.25, 0.3) is 5.65 Å². The molecule has 188 valence electrons. The van der Waals surface area contributed by atoms with E-state index >= 15 is 0 Å². The number of phosphoric ester groups is 1. The molecule has 2 aromatic heterocycles. The second-order valence-electron chi connectivity index (χ2n) is 7.09. The summed E-state index contributed by atoms with van der Waals surface area (Å²) in [6.07, 6.45) is -1.15. The lowest BCUT2D eigenvalue weighted by Gasteiger charge is -2.33. The fourth-order valence-electron chi connectivity index (χ4n) is 3.22. The number of nitrogens with two attached hydrogens (primary N) is 2. The van der Waals surface area contributed by atoms with E-state index in [0.717, 1.165) is 17.0 Å². The molecule has 1 aliphatic heterocycles. The van der Waals surface area contributed by atoms with Crippen LogP contribution in [0.2, 0.25) is 0 Å². The van der Waals surface area contributed by atoms with Crippen molar-refractivity contribution in [1.82, 2.24) is 19.6 Å². The number of phosphoric acid groups is 3. The highest BCUT2D eigenvalue weighted by molar-refractivity contribution is 7.66. The number of nitrogen functional groups attached to an aromatic ring is 1. The number of anilines is 1. The Morgan fingerprint density at radius 2 is 1.88 bits per heavy atom. The van der Waals surface area contributed by atoms with Crippen LogP contribution in [0, 0.1) is 11.3 Å². The molecule has 1 fully saturated rings.